The molecule has 0 radical (unpaired) electrons. The van der Waals surface area contributed by atoms with Crippen LogP contribution in [0.5, 0.6) is 0 Å². The molecule has 0 spiro atoms. The van der Waals surface area contributed by atoms with Crippen LogP contribution < -0.4 is 10.6 Å². The lowest BCUT2D eigenvalue weighted by atomic mass is 10.2. The lowest BCUT2D eigenvalue weighted by molar-refractivity contribution is -0.123. The molecular formula is C17H22FN3O8S. The average Bonchev–Trinajstić information content (AvgIpc) is 2.73. The normalized spacial score (nSPS) is 14.7. The molecule has 0 bridgehead atoms. The van der Waals surface area contributed by atoms with Gasteiger partial charge >= 0.3 is 12.0 Å². The number of morpholine rings is 1. The highest BCUT2D eigenvalue weighted by molar-refractivity contribution is 7.89. The van der Waals surface area contributed by atoms with Crippen molar-refractivity contribution in [3.63, 3.8) is 0 Å². The molecule has 30 heavy (non-hydrogen) atoms. The van der Waals surface area contributed by atoms with Crippen molar-refractivity contribution in [2.24, 2.45) is 0 Å². The summed E-state index contributed by atoms with van der Waals surface area (Å²) in [4.78, 5) is 34.5. The van der Waals surface area contributed by atoms with E-state index in [0.29, 0.717) is 0 Å². The molecule has 1 aliphatic heterocycles. The molecule has 0 aromatic heterocycles. The molecule has 2 N–H and O–H groups in total. The zero-order valence-electron chi connectivity index (χ0n) is 16.2. The van der Waals surface area contributed by atoms with Crippen LogP contribution in [0.25, 0.3) is 0 Å². The standard InChI is InChI=1S/C17H22FN3O8S/c1-27-7-4-19-17(24)20-15(22)11-29-16(23)12-2-3-13(18)14(10-12)30(25,26)21-5-8-28-9-6-21/h2-3,10H,4-9,11H2,1H3,(H2,19,20,22,24). The van der Waals surface area contributed by atoms with Gasteiger partial charge < -0.3 is 19.5 Å². The number of hydrogen-bond acceptors (Lipinski definition) is 8. The maximum absolute atomic E-state index is 14.2. The molecule has 1 aliphatic rings. The largest absolute Gasteiger partial charge is 0.452 e. The summed E-state index contributed by atoms with van der Waals surface area (Å²) in [5, 5.41) is 4.27. The number of carbonyl (C=O) groups is 3. The fourth-order valence-electron chi connectivity index (χ4n) is 2.44. The number of rotatable bonds is 8. The van der Waals surface area contributed by atoms with Gasteiger partial charge in [0, 0.05) is 26.7 Å². The van der Waals surface area contributed by atoms with E-state index in [1.54, 1.807) is 0 Å². The van der Waals surface area contributed by atoms with Crippen molar-refractivity contribution >= 4 is 27.9 Å². The topological polar surface area (TPSA) is 140 Å². The van der Waals surface area contributed by atoms with Crippen molar-refractivity contribution in [2.45, 2.75) is 4.90 Å². The van der Waals surface area contributed by atoms with Gasteiger partial charge in [0.15, 0.2) is 6.61 Å². The van der Waals surface area contributed by atoms with E-state index in [0.717, 1.165) is 22.5 Å². The average molecular weight is 447 g/mol. The maximum atomic E-state index is 14.2. The maximum Gasteiger partial charge on any atom is 0.338 e. The second kappa shape index (κ2) is 11.0. The molecule has 0 aliphatic carbocycles. The zero-order valence-corrected chi connectivity index (χ0v) is 17.0. The highest BCUT2D eigenvalue weighted by atomic mass is 32.2. The number of ether oxygens (including phenoxy) is 3. The molecule has 1 saturated heterocycles. The fourth-order valence-corrected chi connectivity index (χ4v) is 3.94. The second-order valence-electron chi connectivity index (χ2n) is 6.03. The van der Waals surface area contributed by atoms with Crippen molar-refractivity contribution in [3.05, 3.63) is 29.6 Å². The molecule has 166 valence electrons. The minimum Gasteiger partial charge on any atom is -0.452 e. The number of methoxy groups -OCH3 is 1. The first kappa shape index (κ1) is 23.7. The third-order valence-electron chi connectivity index (χ3n) is 3.93. The van der Waals surface area contributed by atoms with Gasteiger partial charge in [-0.05, 0) is 18.2 Å². The Morgan fingerprint density at radius 3 is 2.60 bits per heavy atom. The molecule has 0 saturated carbocycles. The van der Waals surface area contributed by atoms with Crippen molar-refractivity contribution in [1.82, 2.24) is 14.9 Å². The van der Waals surface area contributed by atoms with Gasteiger partial charge in [-0.15, -0.1) is 0 Å². The molecule has 0 atom stereocenters. The number of benzene rings is 1. The van der Waals surface area contributed by atoms with Gasteiger partial charge in [0.2, 0.25) is 10.0 Å². The quantitative estimate of drug-likeness (QED) is 0.401. The smallest absolute Gasteiger partial charge is 0.338 e. The first-order valence-corrected chi connectivity index (χ1v) is 10.3. The summed E-state index contributed by atoms with van der Waals surface area (Å²) in [5.74, 6) is -2.98. The predicted molar refractivity (Wildman–Crippen MR) is 99.7 cm³/mol. The summed E-state index contributed by atoms with van der Waals surface area (Å²) in [6.07, 6.45) is 0. The van der Waals surface area contributed by atoms with Crippen LogP contribution in [0.3, 0.4) is 0 Å². The first-order valence-electron chi connectivity index (χ1n) is 8.87. The predicted octanol–water partition coefficient (Wildman–Crippen LogP) is -0.524. The monoisotopic (exact) mass is 447 g/mol. The van der Waals surface area contributed by atoms with E-state index in [9.17, 15) is 27.2 Å². The Hall–Kier alpha value is -2.61. The number of esters is 1. The van der Waals surface area contributed by atoms with Gasteiger partial charge in [0.1, 0.15) is 10.7 Å². The number of hydrogen-bond donors (Lipinski definition) is 2. The van der Waals surface area contributed by atoms with Crippen molar-refractivity contribution in [3.8, 4) is 0 Å². The number of halogens is 1. The molecule has 1 aromatic carbocycles. The van der Waals surface area contributed by atoms with Crippen LogP contribution >= 0.6 is 0 Å². The number of imide groups is 1. The summed E-state index contributed by atoms with van der Waals surface area (Å²) in [7, 11) is -2.74. The van der Waals surface area contributed by atoms with Crippen molar-refractivity contribution in [2.75, 3.05) is 53.2 Å². The number of carbonyl (C=O) groups excluding carboxylic acids is 3. The summed E-state index contributed by atoms with van der Waals surface area (Å²) in [6.45, 7) is 0.0985. The molecule has 1 aromatic rings. The minimum atomic E-state index is -4.18. The Morgan fingerprint density at radius 1 is 1.23 bits per heavy atom. The van der Waals surface area contributed by atoms with Crippen LogP contribution in [0.1, 0.15) is 10.4 Å². The van der Waals surface area contributed by atoms with Gasteiger partial charge in [-0.1, -0.05) is 0 Å². The van der Waals surface area contributed by atoms with Crippen molar-refractivity contribution < 1.29 is 41.4 Å². The highest BCUT2D eigenvalue weighted by Crippen LogP contribution is 2.22. The lowest BCUT2D eigenvalue weighted by Gasteiger charge is -2.26. The van der Waals surface area contributed by atoms with Crippen LogP contribution in [0.4, 0.5) is 9.18 Å². The van der Waals surface area contributed by atoms with E-state index in [1.165, 1.54) is 7.11 Å². The van der Waals surface area contributed by atoms with Gasteiger partial charge in [-0.3, -0.25) is 10.1 Å². The second-order valence-corrected chi connectivity index (χ2v) is 7.94. The van der Waals surface area contributed by atoms with E-state index in [4.69, 9.17) is 14.2 Å². The van der Waals surface area contributed by atoms with E-state index in [1.807, 2.05) is 5.32 Å². The Bertz CT molecular complexity index is 887. The first-order chi connectivity index (χ1) is 14.3. The Kier molecular flexibility index (Phi) is 8.65. The molecule has 1 heterocycles. The number of sulfonamides is 1. The summed E-state index contributed by atoms with van der Waals surface area (Å²) < 4.78 is 55.1. The van der Waals surface area contributed by atoms with Crippen LogP contribution in [0, 0.1) is 5.82 Å². The Labute approximate surface area is 172 Å². The summed E-state index contributed by atoms with van der Waals surface area (Å²) in [5.41, 5.74) is -0.263. The molecule has 13 heteroatoms. The van der Waals surface area contributed by atoms with Crippen LogP contribution in [0.15, 0.2) is 23.1 Å². The lowest BCUT2D eigenvalue weighted by Crippen LogP contribution is -2.42. The molecule has 3 amide bonds. The van der Waals surface area contributed by atoms with Crippen molar-refractivity contribution in [1.29, 1.82) is 0 Å². The molecule has 11 nitrogen and oxygen atoms in total. The summed E-state index contributed by atoms with van der Waals surface area (Å²) >= 11 is 0. The van der Waals surface area contributed by atoms with Gasteiger partial charge in [-0.25, -0.2) is 22.4 Å². The third kappa shape index (κ3) is 6.45. The van der Waals surface area contributed by atoms with E-state index < -0.39 is 45.3 Å². The number of urea groups is 1. The van der Waals surface area contributed by atoms with Gasteiger partial charge in [0.25, 0.3) is 5.91 Å². The minimum absolute atomic E-state index is 0.0586. The van der Waals surface area contributed by atoms with Gasteiger partial charge in [-0.2, -0.15) is 4.31 Å². The fraction of sp³-hybridized carbons (Fsp3) is 0.471. The zero-order chi connectivity index (χ0) is 22.1. The molecule has 2 rings (SSSR count). The van der Waals surface area contributed by atoms with Gasteiger partial charge in [0.05, 0.1) is 25.4 Å². The van der Waals surface area contributed by atoms with Crippen LogP contribution in [-0.4, -0.2) is 83.8 Å². The molecule has 1 fully saturated rings. The highest BCUT2D eigenvalue weighted by Gasteiger charge is 2.30. The van der Waals surface area contributed by atoms with E-state index >= 15 is 0 Å². The number of nitrogens with zero attached hydrogens (tertiary/aromatic N) is 1. The Morgan fingerprint density at radius 2 is 1.93 bits per heavy atom. The third-order valence-corrected chi connectivity index (χ3v) is 5.85. The Balaban J connectivity index is 1.99. The van der Waals surface area contributed by atoms with E-state index in [2.05, 4.69) is 5.32 Å². The summed E-state index contributed by atoms with van der Waals surface area (Å²) in [6, 6.07) is 1.91. The van der Waals surface area contributed by atoms with Crippen LogP contribution in [0.2, 0.25) is 0 Å². The SMILES string of the molecule is COCCNC(=O)NC(=O)COC(=O)c1ccc(F)c(S(=O)(=O)N2CCOCC2)c1. The van der Waals surface area contributed by atoms with E-state index in [-0.39, 0.29) is 45.0 Å². The van der Waals surface area contributed by atoms with Crippen LogP contribution in [-0.2, 0) is 29.0 Å². The molecule has 0 unspecified atom stereocenters. The molecular weight excluding hydrogens is 425 g/mol. The number of amides is 3. The number of nitrogens with one attached hydrogen (secondary N) is 2.